The Bertz CT molecular complexity index is 1030. The third-order valence-electron chi connectivity index (χ3n) is 6.38. The molecule has 38 heavy (non-hydrogen) atoms. The number of methoxy groups -OCH3 is 3. The lowest BCUT2D eigenvalue weighted by Gasteiger charge is -2.25. The van der Waals surface area contributed by atoms with Crippen molar-refractivity contribution in [2.75, 3.05) is 55.1 Å². The Labute approximate surface area is 237 Å². The van der Waals surface area contributed by atoms with Gasteiger partial charge in [-0.05, 0) is 80.1 Å². The summed E-state index contributed by atoms with van der Waals surface area (Å²) in [5, 5.41) is 0. The predicted molar refractivity (Wildman–Crippen MR) is 154 cm³/mol. The van der Waals surface area contributed by atoms with E-state index in [-0.39, 0.29) is 42.4 Å². The second-order valence-electron chi connectivity index (χ2n) is 9.02. The van der Waals surface area contributed by atoms with Crippen LogP contribution in [0.25, 0.3) is 0 Å². The summed E-state index contributed by atoms with van der Waals surface area (Å²) in [4.78, 5) is 4.53. The van der Waals surface area contributed by atoms with E-state index in [0.717, 1.165) is 49.3 Å². The highest BCUT2D eigenvalue weighted by atomic mass is 35.5. The Kier molecular flexibility index (Phi) is 14.4. The molecule has 5 nitrogen and oxygen atoms in total. The molecule has 0 amide bonds. The van der Waals surface area contributed by atoms with Gasteiger partial charge in [0.25, 0.3) is 0 Å². The monoisotopic (exact) mass is 570 g/mol. The minimum absolute atomic E-state index is 0. The van der Waals surface area contributed by atoms with Gasteiger partial charge in [0.1, 0.15) is 11.6 Å². The van der Waals surface area contributed by atoms with Gasteiger partial charge in [-0.2, -0.15) is 0 Å². The van der Waals surface area contributed by atoms with Crippen molar-refractivity contribution in [3.05, 3.63) is 89.0 Å². The average Bonchev–Trinajstić information content (AvgIpc) is 2.88. The fourth-order valence-corrected chi connectivity index (χ4v) is 4.34. The Morgan fingerprint density at radius 3 is 1.53 bits per heavy atom. The minimum Gasteiger partial charge on any atom is -0.493 e. The summed E-state index contributed by atoms with van der Waals surface area (Å²) in [6, 6.07) is 17.1. The van der Waals surface area contributed by atoms with Gasteiger partial charge in [-0.25, -0.2) is 8.78 Å². The molecule has 0 spiro atoms. The third-order valence-corrected chi connectivity index (χ3v) is 6.38. The average molecular weight is 572 g/mol. The molecule has 0 saturated carbocycles. The lowest BCUT2D eigenvalue weighted by Crippen LogP contribution is -2.31. The highest BCUT2D eigenvalue weighted by molar-refractivity contribution is 5.85. The molecule has 3 aromatic rings. The Morgan fingerprint density at radius 1 is 0.658 bits per heavy atom. The molecule has 0 saturated heterocycles. The van der Waals surface area contributed by atoms with E-state index in [0.29, 0.717) is 17.2 Å². The Morgan fingerprint density at radius 2 is 1.11 bits per heavy atom. The van der Waals surface area contributed by atoms with Gasteiger partial charge in [-0.3, -0.25) is 0 Å². The third kappa shape index (κ3) is 9.31. The number of likely N-dealkylation sites (N-methyl/N-ethyl adjacent to an activating group) is 2. The topological polar surface area (TPSA) is 34.2 Å². The van der Waals surface area contributed by atoms with Crippen LogP contribution in [-0.4, -0.2) is 64.9 Å². The van der Waals surface area contributed by atoms with Crippen molar-refractivity contribution in [1.82, 2.24) is 9.80 Å². The quantitative estimate of drug-likeness (QED) is 0.237. The summed E-state index contributed by atoms with van der Waals surface area (Å²) in [6.45, 7) is 3.32. The number of rotatable bonds is 13. The van der Waals surface area contributed by atoms with Gasteiger partial charge < -0.3 is 24.0 Å². The summed E-state index contributed by atoms with van der Waals surface area (Å²) in [5.74, 6) is 1.41. The van der Waals surface area contributed by atoms with Gasteiger partial charge in [-0.15, -0.1) is 24.8 Å². The van der Waals surface area contributed by atoms with Crippen molar-refractivity contribution >= 4 is 24.8 Å². The van der Waals surface area contributed by atoms with E-state index < -0.39 is 0 Å². The summed E-state index contributed by atoms with van der Waals surface area (Å²) in [7, 11) is 9.00. The molecule has 0 N–H and O–H groups in total. The van der Waals surface area contributed by atoms with Crippen LogP contribution in [0.3, 0.4) is 0 Å². The van der Waals surface area contributed by atoms with Gasteiger partial charge in [0.15, 0.2) is 11.5 Å². The zero-order valence-corrected chi connectivity index (χ0v) is 24.2. The highest BCUT2D eigenvalue weighted by Crippen LogP contribution is 2.38. The van der Waals surface area contributed by atoms with Crippen molar-refractivity contribution in [3.63, 3.8) is 0 Å². The van der Waals surface area contributed by atoms with Crippen LogP contribution in [-0.2, 0) is 6.54 Å². The van der Waals surface area contributed by atoms with Gasteiger partial charge in [0.2, 0.25) is 5.75 Å². The van der Waals surface area contributed by atoms with Crippen LogP contribution in [0.4, 0.5) is 8.78 Å². The number of nitrogens with zero attached hydrogens (tertiary/aromatic N) is 2. The first-order valence-electron chi connectivity index (χ1n) is 12.0. The maximum Gasteiger partial charge on any atom is 0.203 e. The molecule has 9 heteroatoms. The number of benzene rings is 3. The molecular weight excluding hydrogens is 533 g/mol. The van der Waals surface area contributed by atoms with Crippen molar-refractivity contribution < 1.29 is 23.0 Å². The molecule has 3 aromatic carbocycles. The normalized spacial score (nSPS) is 10.8. The highest BCUT2D eigenvalue weighted by Gasteiger charge is 2.17. The second kappa shape index (κ2) is 16.4. The lowest BCUT2D eigenvalue weighted by molar-refractivity contribution is 0.247. The molecule has 0 fully saturated rings. The van der Waals surface area contributed by atoms with Crippen molar-refractivity contribution in [2.24, 2.45) is 0 Å². The van der Waals surface area contributed by atoms with Crippen LogP contribution < -0.4 is 14.2 Å². The number of halogens is 4. The van der Waals surface area contributed by atoms with E-state index in [2.05, 4.69) is 23.9 Å². The van der Waals surface area contributed by atoms with Crippen molar-refractivity contribution in [3.8, 4) is 17.2 Å². The molecule has 0 heterocycles. The summed E-state index contributed by atoms with van der Waals surface area (Å²) >= 11 is 0. The first-order chi connectivity index (χ1) is 17.3. The van der Waals surface area contributed by atoms with Crippen LogP contribution in [0.1, 0.15) is 29.0 Å². The summed E-state index contributed by atoms with van der Waals surface area (Å²) in [6.07, 6.45) is 0.838. The Hall–Kier alpha value is -2.58. The molecule has 0 radical (unpaired) electrons. The Balaban J connectivity index is 0.00000361. The van der Waals surface area contributed by atoms with Crippen LogP contribution in [0.5, 0.6) is 17.2 Å². The molecular formula is C29H38Cl2F2N2O3. The van der Waals surface area contributed by atoms with E-state index in [4.69, 9.17) is 14.2 Å². The zero-order chi connectivity index (χ0) is 26.1. The predicted octanol–water partition coefficient (Wildman–Crippen LogP) is 6.42. The van der Waals surface area contributed by atoms with E-state index in [1.54, 1.807) is 21.3 Å². The minimum atomic E-state index is -0.260. The second-order valence-corrected chi connectivity index (χ2v) is 9.02. The maximum absolute atomic E-state index is 13.5. The summed E-state index contributed by atoms with van der Waals surface area (Å²) in [5.41, 5.74) is 3.12. The van der Waals surface area contributed by atoms with Crippen LogP contribution in [0, 0.1) is 11.6 Å². The van der Waals surface area contributed by atoms with Gasteiger partial charge in [0.05, 0.1) is 21.3 Å². The smallest absolute Gasteiger partial charge is 0.203 e. The van der Waals surface area contributed by atoms with Crippen LogP contribution >= 0.6 is 24.8 Å². The van der Waals surface area contributed by atoms with E-state index >= 15 is 0 Å². The van der Waals surface area contributed by atoms with Gasteiger partial charge in [0, 0.05) is 25.6 Å². The van der Waals surface area contributed by atoms with Crippen LogP contribution in [0.15, 0.2) is 60.7 Å². The standard InChI is InChI=1S/C29H36F2N2O3.2ClH/c1-32(16-17-33(2)20-21-18-27(34-3)29(36-5)28(19-21)35-4)15-14-26(22-6-10-24(30)11-7-22)23-8-12-25(31)13-9-23;;/h6-13,18-19,26H,14-17,20H2,1-5H3;2*1H. The zero-order valence-electron chi connectivity index (χ0n) is 22.6. The number of hydrogen-bond acceptors (Lipinski definition) is 5. The largest absolute Gasteiger partial charge is 0.493 e. The van der Waals surface area contributed by atoms with Crippen molar-refractivity contribution in [2.45, 2.75) is 18.9 Å². The van der Waals surface area contributed by atoms with E-state index in [9.17, 15) is 8.78 Å². The molecule has 210 valence electrons. The fraction of sp³-hybridized carbons (Fsp3) is 0.379. The van der Waals surface area contributed by atoms with Crippen molar-refractivity contribution in [1.29, 1.82) is 0 Å². The molecule has 0 atom stereocenters. The maximum atomic E-state index is 13.5. The fourth-order valence-electron chi connectivity index (χ4n) is 4.34. The molecule has 0 aromatic heterocycles. The first-order valence-corrected chi connectivity index (χ1v) is 12.0. The van der Waals surface area contributed by atoms with E-state index in [1.807, 2.05) is 36.4 Å². The molecule has 0 aliphatic carbocycles. The molecule has 0 bridgehead atoms. The molecule has 0 aliphatic rings. The van der Waals surface area contributed by atoms with Gasteiger partial charge in [-0.1, -0.05) is 24.3 Å². The number of hydrogen-bond donors (Lipinski definition) is 0. The van der Waals surface area contributed by atoms with E-state index in [1.165, 1.54) is 24.3 Å². The molecule has 3 rings (SSSR count). The van der Waals surface area contributed by atoms with Gasteiger partial charge >= 0.3 is 0 Å². The first kappa shape index (κ1) is 33.4. The number of ether oxygens (including phenoxy) is 3. The lowest BCUT2D eigenvalue weighted by atomic mass is 9.88. The summed E-state index contributed by atoms with van der Waals surface area (Å²) < 4.78 is 43.3. The molecule has 0 unspecified atom stereocenters. The SMILES string of the molecule is COc1cc(CN(C)CCN(C)CCC(c2ccc(F)cc2)c2ccc(F)cc2)cc(OC)c1OC.Cl.Cl. The van der Waals surface area contributed by atoms with Crippen LogP contribution in [0.2, 0.25) is 0 Å². The molecule has 0 aliphatic heterocycles.